The van der Waals surface area contributed by atoms with Crippen LogP contribution in [0.15, 0.2) is 52.6 Å². The molecule has 0 saturated heterocycles. The molecule has 0 unspecified atom stereocenters. The number of imidazole rings is 1. The minimum atomic E-state index is -0.999. The largest absolute Gasteiger partial charge is 0.481 e. The first-order valence-corrected chi connectivity index (χ1v) is 9.49. The van der Waals surface area contributed by atoms with Gasteiger partial charge in [-0.15, -0.1) is 0 Å². The summed E-state index contributed by atoms with van der Waals surface area (Å²) in [4.78, 5) is 20.4. The Morgan fingerprint density at radius 3 is 2.54 bits per heavy atom. The molecule has 0 amide bonds. The molecule has 0 spiro atoms. The van der Waals surface area contributed by atoms with Crippen LogP contribution in [0.25, 0.3) is 0 Å². The van der Waals surface area contributed by atoms with Crippen LogP contribution in [-0.2, 0) is 17.8 Å². The van der Waals surface area contributed by atoms with E-state index in [1.165, 1.54) is 23.9 Å². The average molecular weight is 403 g/mol. The van der Waals surface area contributed by atoms with Gasteiger partial charge in [0.05, 0.1) is 12.2 Å². The van der Waals surface area contributed by atoms with Gasteiger partial charge in [-0.1, -0.05) is 31.7 Å². The van der Waals surface area contributed by atoms with Crippen molar-refractivity contribution in [2.24, 2.45) is 0 Å². The van der Waals surface area contributed by atoms with E-state index in [1.807, 2.05) is 19.9 Å². The number of benzene rings is 1. The van der Waals surface area contributed by atoms with Gasteiger partial charge >= 0.3 is 5.97 Å². The molecule has 1 aromatic carbocycles. The third kappa shape index (κ3) is 4.75. The van der Waals surface area contributed by atoms with Crippen molar-refractivity contribution in [2.45, 2.75) is 42.7 Å². The average Bonchev–Trinajstić information content (AvgIpc) is 2.92. The predicted octanol–water partition coefficient (Wildman–Crippen LogP) is 4.51. The number of carboxylic acid groups (broad SMARTS) is 1. The molecule has 0 bridgehead atoms. The fourth-order valence-electron chi connectivity index (χ4n) is 2.79. The van der Waals surface area contributed by atoms with Crippen LogP contribution in [0, 0.1) is 11.6 Å². The number of halogens is 2. The van der Waals surface area contributed by atoms with Crippen LogP contribution in [0.2, 0.25) is 0 Å². The van der Waals surface area contributed by atoms with Crippen molar-refractivity contribution in [2.75, 3.05) is 0 Å². The van der Waals surface area contributed by atoms with E-state index in [-0.39, 0.29) is 12.3 Å². The second kappa shape index (κ2) is 8.52. The lowest BCUT2D eigenvalue weighted by atomic mass is 10.1. The molecule has 3 rings (SSSR count). The van der Waals surface area contributed by atoms with Gasteiger partial charge in [0.25, 0.3) is 0 Å². The molecule has 0 fully saturated rings. The van der Waals surface area contributed by atoms with Crippen molar-refractivity contribution in [1.82, 2.24) is 14.5 Å². The highest BCUT2D eigenvalue weighted by atomic mass is 32.2. The summed E-state index contributed by atoms with van der Waals surface area (Å²) in [6.45, 7) is 4.24. The Morgan fingerprint density at radius 1 is 1.25 bits per heavy atom. The van der Waals surface area contributed by atoms with Crippen molar-refractivity contribution in [3.63, 3.8) is 0 Å². The lowest BCUT2D eigenvalue weighted by molar-refractivity contribution is -0.136. The van der Waals surface area contributed by atoms with Gasteiger partial charge in [-0.05, 0) is 29.7 Å². The van der Waals surface area contributed by atoms with Gasteiger partial charge in [0.1, 0.15) is 28.9 Å². The number of rotatable bonds is 7. The molecule has 0 atom stereocenters. The molecule has 2 aromatic heterocycles. The van der Waals surface area contributed by atoms with Gasteiger partial charge in [-0.2, -0.15) is 0 Å². The highest BCUT2D eigenvalue weighted by Gasteiger charge is 2.22. The maximum Gasteiger partial charge on any atom is 0.311 e. The Kier molecular flexibility index (Phi) is 6.08. The Morgan fingerprint density at radius 2 is 1.96 bits per heavy atom. The minimum absolute atomic E-state index is 0.00333. The van der Waals surface area contributed by atoms with Crippen LogP contribution in [0.3, 0.4) is 0 Å². The van der Waals surface area contributed by atoms with Crippen LogP contribution in [0.5, 0.6) is 0 Å². The molecule has 5 nitrogen and oxygen atoms in total. The van der Waals surface area contributed by atoms with Crippen molar-refractivity contribution in [1.29, 1.82) is 0 Å². The van der Waals surface area contributed by atoms with E-state index in [0.29, 0.717) is 28.0 Å². The number of aromatic nitrogens is 3. The number of hydrogen-bond acceptors (Lipinski definition) is 4. The van der Waals surface area contributed by atoms with E-state index >= 15 is 0 Å². The third-order valence-electron chi connectivity index (χ3n) is 4.00. The van der Waals surface area contributed by atoms with Crippen LogP contribution in [-0.4, -0.2) is 25.6 Å². The molecule has 2 heterocycles. The maximum atomic E-state index is 13.7. The van der Waals surface area contributed by atoms with Crippen LogP contribution in [0.1, 0.15) is 36.8 Å². The molecule has 0 radical (unpaired) electrons. The summed E-state index contributed by atoms with van der Waals surface area (Å²) in [5.74, 6) is -1.94. The quantitative estimate of drug-likeness (QED) is 0.629. The minimum Gasteiger partial charge on any atom is -0.481 e. The summed E-state index contributed by atoms with van der Waals surface area (Å²) in [5.41, 5.74) is 1.56. The van der Waals surface area contributed by atoms with Crippen LogP contribution in [0.4, 0.5) is 8.78 Å². The number of carbonyl (C=O) groups is 1. The van der Waals surface area contributed by atoms with E-state index in [4.69, 9.17) is 0 Å². The highest BCUT2D eigenvalue weighted by molar-refractivity contribution is 7.99. The van der Waals surface area contributed by atoms with Crippen LogP contribution >= 0.6 is 11.8 Å². The zero-order valence-electron chi connectivity index (χ0n) is 15.4. The zero-order chi connectivity index (χ0) is 20.3. The molecule has 0 aliphatic heterocycles. The summed E-state index contributed by atoms with van der Waals surface area (Å²) >= 11 is 1.17. The predicted molar refractivity (Wildman–Crippen MR) is 101 cm³/mol. The number of hydrogen-bond donors (Lipinski definition) is 1. The summed E-state index contributed by atoms with van der Waals surface area (Å²) in [7, 11) is 0. The van der Waals surface area contributed by atoms with Crippen molar-refractivity contribution in [3.8, 4) is 0 Å². The standard InChI is InChI=1S/C20H19F2N3O2S/c1-12(2)19-20(28-16-7-14(21)6-15(22)8-16)25(17(24-19)9-18(26)27)11-13-4-3-5-23-10-13/h3-8,10,12H,9,11H2,1-2H3,(H,26,27). The molecule has 146 valence electrons. The molecular formula is C20H19F2N3O2S. The van der Waals surface area contributed by atoms with E-state index < -0.39 is 17.6 Å². The van der Waals surface area contributed by atoms with Gasteiger partial charge in [0.15, 0.2) is 0 Å². The molecule has 0 aliphatic carbocycles. The fraction of sp³-hybridized carbons (Fsp3) is 0.250. The molecule has 8 heteroatoms. The van der Waals surface area contributed by atoms with Gasteiger partial charge in [0.2, 0.25) is 0 Å². The lowest BCUT2D eigenvalue weighted by Gasteiger charge is -2.13. The van der Waals surface area contributed by atoms with E-state index in [0.717, 1.165) is 11.6 Å². The molecule has 3 aromatic rings. The van der Waals surface area contributed by atoms with Crippen molar-refractivity contribution in [3.05, 3.63) is 71.4 Å². The Balaban J connectivity index is 2.11. The molecule has 0 saturated carbocycles. The van der Waals surface area contributed by atoms with E-state index in [9.17, 15) is 18.7 Å². The second-order valence-corrected chi connectivity index (χ2v) is 7.66. The van der Waals surface area contributed by atoms with E-state index in [1.54, 1.807) is 23.0 Å². The third-order valence-corrected chi connectivity index (χ3v) is 5.09. The molecular weight excluding hydrogens is 384 g/mol. The van der Waals surface area contributed by atoms with Crippen molar-refractivity contribution >= 4 is 17.7 Å². The second-order valence-electron chi connectivity index (χ2n) is 6.60. The first-order valence-electron chi connectivity index (χ1n) is 8.67. The number of carboxylic acids is 1. The Bertz CT molecular complexity index is 970. The maximum absolute atomic E-state index is 13.7. The fourth-order valence-corrected chi connectivity index (χ4v) is 4.03. The lowest BCUT2D eigenvalue weighted by Crippen LogP contribution is -2.11. The normalized spacial score (nSPS) is 11.2. The smallest absolute Gasteiger partial charge is 0.311 e. The van der Waals surface area contributed by atoms with Gasteiger partial charge < -0.3 is 9.67 Å². The molecule has 0 aliphatic rings. The van der Waals surface area contributed by atoms with Gasteiger partial charge in [-0.3, -0.25) is 9.78 Å². The SMILES string of the molecule is CC(C)c1nc(CC(=O)O)n(Cc2cccnc2)c1Sc1cc(F)cc(F)c1. The summed E-state index contributed by atoms with van der Waals surface area (Å²) in [5, 5.41) is 9.95. The first kappa shape index (κ1) is 20.0. The summed E-state index contributed by atoms with van der Waals surface area (Å²) < 4.78 is 29.1. The highest BCUT2D eigenvalue weighted by Crippen LogP contribution is 2.36. The Labute approximate surface area is 165 Å². The number of pyridine rings is 1. The first-order chi connectivity index (χ1) is 13.3. The summed E-state index contributed by atoms with van der Waals surface area (Å²) in [6.07, 6.45) is 3.09. The molecule has 28 heavy (non-hydrogen) atoms. The Hall–Kier alpha value is -2.74. The monoisotopic (exact) mass is 403 g/mol. The zero-order valence-corrected chi connectivity index (χ0v) is 16.2. The van der Waals surface area contributed by atoms with E-state index in [2.05, 4.69) is 9.97 Å². The van der Waals surface area contributed by atoms with Gasteiger partial charge in [0, 0.05) is 23.4 Å². The topological polar surface area (TPSA) is 68.0 Å². The van der Waals surface area contributed by atoms with Gasteiger partial charge in [-0.25, -0.2) is 13.8 Å². The molecule has 1 N–H and O–H groups in total. The number of aliphatic carboxylic acids is 1. The van der Waals surface area contributed by atoms with Crippen LogP contribution < -0.4 is 0 Å². The number of nitrogens with zero attached hydrogens (tertiary/aromatic N) is 3. The summed E-state index contributed by atoms with van der Waals surface area (Å²) in [6, 6.07) is 6.98. The van der Waals surface area contributed by atoms with Crippen molar-refractivity contribution < 1.29 is 18.7 Å².